The molecule has 1 N–H and O–H groups in total. The molecular weight excluding hydrogens is 426 g/mol. The fraction of sp³-hybridized carbons (Fsp3) is 0.458. The molecule has 3 rings (SSSR count). The Balaban J connectivity index is 1.97. The van der Waals surface area contributed by atoms with E-state index in [-0.39, 0.29) is 30.1 Å². The number of allylic oxidation sites excluding steroid dienone is 1. The van der Waals surface area contributed by atoms with E-state index in [2.05, 4.69) is 9.88 Å². The van der Waals surface area contributed by atoms with Gasteiger partial charge in [0.1, 0.15) is 16.7 Å². The van der Waals surface area contributed by atoms with Gasteiger partial charge in [0.2, 0.25) is 10.0 Å². The molecule has 174 valence electrons. The number of sulfonamides is 1. The number of likely N-dealkylation sites (N-methyl/N-ethyl adjacent to an activating group) is 1. The predicted octanol–water partition coefficient (Wildman–Crippen LogP) is 3.02. The Hall–Kier alpha value is -2.26. The van der Waals surface area contributed by atoms with Gasteiger partial charge in [-0.15, -0.1) is 0 Å². The molecule has 0 unspecified atom stereocenters. The van der Waals surface area contributed by atoms with Crippen LogP contribution >= 0.6 is 0 Å². The van der Waals surface area contributed by atoms with E-state index in [1.165, 1.54) is 4.31 Å². The third kappa shape index (κ3) is 5.56. The number of ether oxygens (including phenoxy) is 1. The van der Waals surface area contributed by atoms with Crippen molar-refractivity contribution in [2.75, 3.05) is 26.7 Å². The van der Waals surface area contributed by atoms with Gasteiger partial charge >= 0.3 is 0 Å². The molecule has 1 aromatic carbocycles. The maximum absolute atomic E-state index is 13.5. The highest BCUT2D eigenvalue weighted by atomic mass is 32.2. The Morgan fingerprint density at radius 3 is 2.81 bits per heavy atom. The van der Waals surface area contributed by atoms with Gasteiger partial charge in [-0.1, -0.05) is 31.2 Å². The summed E-state index contributed by atoms with van der Waals surface area (Å²) in [5.74, 6) is 0.260. The van der Waals surface area contributed by atoms with Crippen LogP contribution in [0.2, 0.25) is 0 Å². The molecule has 1 aliphatic heterocycles. The fourth-order valence-corrected chi connectivity index (χ4v) is 5.76. The molecular formula is C24H33N3O4S. The first kappa shape index (κ1) is 24.4. The minimum Gasteiger partial charge on any atom is -0.487 e. The van der Waals surface area contributed by atoms with E-state index in [1.807, 2.05) is 51.4 Å². The summed E-state index contributed by atoms with van der Waals surface area (Å²) in [6.45, 7) is 6.99. The van der Waals surface area contributed by atoms with E-state index in [9.17, 15) is 13.5 Å². The maximum atomic E-state index is 13.5. The van der Waals surface area contributed by atoms with Crippen molar-refractivity contribution < 1.29 is 18.3 Å². The van der Waals surface area contributed by atoms with Crippen molar-refractivity contribution >= 4 is 16.1 Å². The number of aromatic nitrogens is 1. The van der Waals surface area contributed by atoms with Gasteiger partial charge in [-0.3, -0.25) is 9.88 Å². The van der Waals surface area contributed by atoms with Crippen molar-refractivity contribution in [3.05, 3.63) is 59.9 Å². The number of nitrogens with zero attached hydrogens (tertiary/aromatic N) is 3. The molecule has 2 aromatic rings. The first-order valence-electron chi connectivity index (χ1n) is 10.9. The highest BCUT2D eigenvalue weighted by Crippen LogP contribution is 2.34. The molecule has 0 saturated heterocycles. The Morgan fingerprint density at radius 2 is 2.16 bits per heavy atom. The van der Waals surface area contributed by atoms with Gasteiger partial charge in [0, 0.05) is 44.0 Å². The van der Waals surface area contributed by atoms with Crippen molar-refractivity contribution in [1.29, 1.82) is 0 Å². The summed E-state index contributed by atoms with van der Waals surface area (Å²) in [7, 11) is -1.80. The standard InChI is InChI=1S/C24H33N3O4S/c1-5-7-20-9-10-24-22(12-20)31-23(16-26(4)15-21-8-6-11-25-13-21)18(2)14-27(19(3)17-28)32(24,29)30/h5-13,18-19,23,28H,14-17H2,1-4H3/b7-5+/t18-,19-,23+/m0/s1. The lowest BCUT2D eigenvalue weighted by Gasteiger charge is -2.37. The molecule has 1 aliphatic rings. The second kappa shape index (κ2) is 10.6. The van der Waals surface area contributed by atoms with Crippen molar-refractivity contribution in [3.63, 3.8) is 0 Å². The van der Waals surface area contributed by atoms with Crippen LogP contribution in [0, 0.1) is 5.92 Å². The van der Waals surface area contributed by atoms with E-state index >= 15 is 0 Å². The van der Waals surface area contributed by atoms with Gasteiger partial charge in [0.15, 0.2) is 0 Å². The molecule has 2 heterocycles. The summed E-state index contributed by atoms with van der Waals surface area (Å²) in [6, 6.07) is 8.57. The minimum atomic E-state index is -3.82. The molecule has 7 nitrogen and oxygen atoms in total. The zero-order valence-corrected chi connectivity index (χ0v) is 20.0. The summed E-state index contributed by atoms with van der Waals surface area (Å²) < 4.78 is 34.7. The van der Waals surface area contributed by atoms with Gasteiger partial charge in [-0.2, -0.15) is 4.31 Å². The lowest BCUT2D eigenvalue weighted by Crippen LogP contribution is -2.49. The van der Waals surface area contributed by atoms with Gasteiger partial charge in [-0.05, 0) is 50.2 Å². The van der Waals surface area contributed by atoms with Gasteiger partial charge in [-0.25, -0.2) is 8.42 Å². The number of benzene rings is 1. The third-order valence-electron chi connectivity index (χ3n) is 5.72. The molecule has 0 amide bonds. The second-order valence-corrected chi connectivity index (χ2v) is 10.4. The van der Waals surface area contributed by atoms with E-state index in [0.29, 0.717) is 18.8 Å². The Kier molecular flexibility index (Phi) is 8.05. The normalized spacial score (nSPS) is 22.2. The van der Waals surface area contributed by atoms with Crippen LogP contribution < -0.4 is 4.74 Å². The van der Waals surface area contributed by atoms with Gasteiger partial charge < -0.3 is 9.84 Å². The molecule has 0 aliphatic carbocycles. The number of aliphatic hydroxyl groups excluding tert-OH is 1. The minimum absolute atomic E-state index is 0.0892. The van der Waals surface area contributed by atoms with Gasteiger partial charge in [0.05, 0.1) is 6.61 Å². The van der Waals surface area contributed by atoms with Crippen LogP contribution in [0.3, 0.4) is 0 Å². The molecule has 0 spiro atoms. The van der Waals surface area contributed by atoms with Crippen LogP contribution in [0.15, 0.2) is 53.7 Å². The number of hydrogen-bond donors (Lipinski definition) is 1. The van der Waals surface area contributed by atoms with E-state index < -0.39 is 16.1 Å². The maximum Gasteiger partial charge on any atom is 0.247 e. The molecule has 0 bridgehead atoms. The zero-order valence-electron chi connectivity index (χ0n) is 19.2. The van der Waals surface area contributed by atoms with E-state index in [1.54, 1.807) is 31.3 Å². The molecule has 0 radical (unpaired) electrons. The van der Waals surface area contributed by atoms with Crippen LogP contribution in [-0.4, -0.2) is 66.6 Å². The Bertz CT molecular complexity index is 1030. The second-order valence-electron chi connectivity index (χ2n) is 8.50. The number of hydrogen-bond acceptors (Lipinski definition) is 6. The van der Waals surface area contributed by atoms with Crippen molar-refractivity contribution in [1.82, 2.24) is 14.2 Å². The smallest absolute Gasteiger partial charge is 0.247 e. The first-order chi connectivity index (χ1) is 15.3. The van der Waals surface area contributed by atoms with Crippen LogP contribution in [0.4, 0.5) is 0 Å². The summed E-state index contributed by atoms with van der Waals surface area (Å²) in [4.78, 5) is 6.47. The number of aliphatic hydroxyl groups is 1. The fourth-order valence-electron chi connectivity index (χ4n) is 3.93. The van der Waals surface area contributed by atoms with Crippen LogP contribution in [-0.2, 0) is 16.6 Å². The van der Waals surface area contributed by atoms with Crippen LogP contribution in [0.1, 0.15) is 31.9 Å². The molecule has 0 fully saturated rings. The average molecular weight is 460 g/mol. The summed E-state index contributed by atoms with van der Waals surface area (Å²) in [5, 5.41) is 9.74. The topological polar surface area (TPSA) is 83.0 Å². The molecule has 0 saturated carbocycles. The first-order valence-corrected chi connectivity index (χ1v) is 12.3. The average Bonchev–Trinajstić information content (AvgIpc) is 2.76. The Morgan fingerprint density at radius 1 is 1.38 bits per heavy atom. The quantitative estimate of drug-likeness (QED) is 0.685. The predicted molar refractivity (Wildman–Crippen MR) is 126 cm³/mol. The van der Waals surface area contributed by atoms with E-state index in [4.69, 9.17) is 4.74 Å². The highest BCUT2D eigenvalue weighted by Gasteiger charge is 2.38. The summed E-state index contributed by atoms with van der Waals surface area (Å²) in [6.07, 6.45) is 7.17. The number of pyridine rings is 1. The SMILES string of the molecule is C/C=C/c1ccc2c(c1)O[C@H](CN(C)Cc1cccnc1)[C@@H](C)CN([C@@H](C)CO)S2(=O)=O. The van der Waals surface area contributed by atoms with Crippen molar-refractivity contribution in [2.24, 2.45) is 5.92 Å². The van der Waals surface area contributed by atoms with Gasteiger partial charge in [0.25, 0.3) is 0 Å². The zero-order chi connectivity index (χ0) is 23.3. The largest absolute Gasteiger partial charge is 0.487 e. The van der Waals surface area contributed by atoms with Crippen molar-refractivity contribution in [2.45, 2.75) is 44.4 Å². The van der Waals surface area contributed by atoms with E-state index in [0.717, 1.165) is 11.1 Å². The lowest BCUT2D eigenvalue weighted by atomic mass is 10.0. The molecule has 32 heavy (non-hydrogen) atoms. The van der Waals surface area contributed by atoms with Crippen LogP contribution in [0.25, 0.3) is 6.08 Å². The summed E-state index contributed by atoms with van der Waals surface area (Å²) in [5.41, 5.74) is 1.97. The molecule has 8 heteroatoms. The van der Waals surface area contributed by atoms with Crippen molar-refractivity contribution in [3.8, 4) is 5.75 Å². The molecule has 3 atom stereocenters. The highest BCUT2D eigenvalue weighted by molar-refractivity contribution is 7.89. The number of fused-ring (bicyclic) bond motifs is 1. The number of rotatable bonds is 7. The van der Waals surface area contributed by atoms with Crippen LogP contribution in [0.5, 0.6) is 5.75 Å². The third-order valence-corrected chi connectivity index (χ3v) is 7.74. The summed E-state index contributed by atoms with van der Waals surface area (Å²) >= 11 is 0. The monoisotopic (exact) mass is 459 g/mol. The Labute approximate surface area is 191 Å². The lowest BCUT2D eigenvalue weighted by molar-refractivity contribution is 0.0733. The molecule has 1 aromatic heterocycles.